The summed E-state index contributed by atoms with van der Waals surface area (Å²) in [5.74, 6) is 0. The van der Waals surface area contributed by atoms with Gasteiger partial charge >= 0.3 is 0 Å². The Bertz CT molecular complexity index is 356. The maximum atomic E-state index is 10.2. The van der Waals surface area contributed by atoms with E-state index >= 15 is 0 Å². The molecule has 1 aromatic rings. The van der Waals surface area contributed by atoms with Crippen LogP contribution >= 0.6 is 0 Å². The van der Waals surface area contributed by atoms with Crippen molar-refractivity contribution in [2.75, 3.05) is 13.1 Å². The molecule has 2 heteroatoms. The lowest BCUT2D eigenvalue weighted by Crippen LogP contribution is -2.38. The second-order valence-electron chi connectivity index (χ2n) is 5.28. The van der Waals surface area contributed by atoms with Gasteiger partial charge in [-0.3, -0.25) is 0 Å². The fraction of sp³-hybridized carbons (Fsp3) is 0.600. The summed E-state index contributed by atoms with van der Waals surface area (Å²) in [7, 11) is 0. The molecule has 1 saturated carbocycles. The standard InChI is InChI=1S/C15H23NO/c1-13-6-2-3-7-14(13)8-11-16-12-15(17)9-4-5-10-15/h2-3,6-7,16-17H,4-5,8-12H2,1H3. The molecule has 0 amide bonds. The van der Waals surface area contributed by atoms with Crippen molar-refractivity contribution in [3.05, 3.63) is 35.4 Å². The lowest BCUT2D eigenvalue weighted by molar-refractivity contribution is 0.0481. The number of aliphatic hydroxyl groups is 1. The minimum Gasteiger partial charge on any atom is -0.389 e. The Morgan fingerprint density at radius 2 is 1.94 bits per heavy atom. The quantitative estimate of drug-likeness (QED) is 0.766. The van der Waals surface area contributed by atoms with Gasteiger partial charge < -0.3 is 10.4 Å². The molecular formula is C15H23NO. The van der Waals surface area contributed by atoms with Crippen molar-refractivity contribution >= 4 is 0 Å². The zero-order chi connectivity index (χ0) is 12.1. The molecule has 1 aromatic carbocycles. The van der Waals surface area contributed by atoms with Crippen molar-refractivity contribution < 1.29 is 5.11 Å². The Morgan fingerprint density at radius 3 is 2.65 bits per heavy atom. The van der Waals surface area contributed by atoms with E-state index in [2.05, 4.69) is 36.5 Å². The summed E-state index contributed by atoms with van der Waals surface area (Å²) in [5, 5.41) is 13.6. The fourth-order valence-electron chi connectivity index (χ4n) is 2.64. The van der Waals surface area contributed by atoms with E-state index in [9.17, 15) is 5.11 Å². The summed E-state index contributed by atoms with van der Waals surface area (Å²) < 4.78 is 0. The molecule has 1 aliphatic carbocycles. The normalized spacial score (nSPS) is 18.5. The molecule has 2 N–H and O–H groups in total. The van der Waals surface area contributed by atoms with E-state index in [1.807, 2.05) is 0 Å². The van der Waals surface area contributed by atoms with Gasteiger partial charge in [0.05, 0.1) is 5.60 Å². The Labute approximate surface area is 104 Å². The van der Waals surface area contributed by atoms with Crippen LogP contribution < -0.4 is 5.32 Å². The SMILES string of the molecule is Cc1ccccc1CCNCC1(O)CCCC1. The van der Waals surface area contributed by atoms with Gasteiger partial charge in [0.15, 0.2) is 0 Å². The Morgan fingerprint density at radius 1 is 1.24 bits per heavy atom. The van der Waals surface area contributed by atoms with Gasteiger partial charge in [0.2, 0.25) is 0 Å². The first-order valence-electron chi connectivity index (χ1n) is 6.67. The summed E-state index contributed by atoms with van der Waals surface area (Å²) >= 11 is 0. The van der Waals surface area contributed by atoms with E-state index in [1.165, 1.54) is 24.0 Å². The van der Waals surface area contributed by atoms with Crippen LogP contribution in [0.3, 0.4) is 0 Å². The Balaban J connectivity index is 1.71. The molecule has 17 heavy (non-hydrogen) atoms. The summed E-state index contributed by atoms with van der Waals surface area (Å²) in [6.45, 7) is 3.85. The molecule has 2 rings (SSSR count). The number of hydrogen-bond acceptors (Lipinski definition) is 2. The number of hydrogen-bond donors (Lipinski definition) is 2. The average molecular weight is 233 g/mol. The van der Waals surface area contributed by atoms with Crippen LogP contribution in [0.2, 0.25) is 0 Å². The van der Waals surface area contributed by atoms with Gasteiger partial charge in [-0.15, -0.1) is 0 Å². The molecule has 0 aliphatic heterocycles. The van der Waals surface area contributed by atoms with E-state index in [1.54, 1.807) is 0 Å². The lowest BCUT2D eigenvalue weighted by atomic mass is 10.0. The first kappa shape index (κ1) is 12.6. The topological polar surface area (TPSA) is 32.3 Å². The number of benzene rings is 1. The second-order valence-corrected chi connectivity index (χ2v) is 5.28. The van der Waals surface area contributed by atoms with Crippen LogP contribution in [0.1, 0.15) is 36.8 Å². The van der Waals surface area contributed by atoms with Crippen molar-refractivity contribution in [2.24, 2.45) is 0 Å². The summed E-state index contributed by atoms with van der Waals surface area (Å²) in [4.78, 5) is 0. The van der Waals surface area contributed by atoms with E-state index in [0.29, 0.717) is 0 Å². The molecule has 2 nitrogen and oxygen atoms in total. The minimum atomic E-state index is -0.425. The second kappa shape index (κ2) is 5.65. The van der Waals surface area contributed by atoms with E-state index in [4.69, 9.17) is 0 Å². The van der Waals surface area contributed by atoms with Crippen LogP contribution in [0.5, 0.6) is 0 Å². The zero-order valence-electron chi connectivity index (χ0n) is 10.7. The molecule has 0 radical (unpaired) electrons. The van der Waals surface area contributed by atoms with Crippen molar-refractivity contribution in [3.63, 3.8) is 0 Å². The van der Waals surface area contributed by atoms with Crippen LogP contribution in [0.4, 0.5) is 0 Å². The molecule has 0 atom stereocenters. The highest BCUT2D eigenvalue weighted by Crippen LogP contribution is 2.28. The van der Waals surface area contributed by atoms with Crippen molar-refractivity contribution in [1.29, 1.82) is 0 Å². The van der Waals surface area contributed by atoms with Crippen molar-refractivity contribution in [3.8, 4) is 0 Å². The van der Waals surface area contributed by atoms with Gasteiger partial charge in [0.1, 0.15) is 0 Å². The first-order valence-corrected chi connectivity index (χ1v) is 6.67. The number of aryl methyl sites for hydroxylation is 1. The molecule has 1 fully saturated rings. The van der Waals surface area contributed by atoms with Gasteiger partial charge in [-0.05, 0) is 43.9 Å². The molecule has 0 unspecified atom stereocenters. The molecule has 0 aromatic heterocycles. The summed E-state index contributed by atoms with van der Waals surface area (Å²) in [6, 6.07) is 8.50. The molecule has 94 valence electrons. The van der Waals surface area contributed by atoms with Crippen LogP contribution in [-0.2, 0) is 6.42 Å². The van der Waals surface area contributed by atoms with Crippen molar-refractivity contribution in [1.82, 2.24) is 5.32 Å². The zero-order valence-corrected chi connectivity index (χ0v) is 10.7. The molecular weight excluding hydrogens is 210 g/mol. The van der Waals surface area contributed by atoms with Crippen LogP contribution in [-0.4, -0.2) is 23.8 Å². The molecule has 1 aliphatic rings. The average Bonchev–Trinajstić information content (AvgIpc) is 2.74. The van der Waals surface area contributed by atoms with Gasteiger partial charge in [0, 0.05) is 6.54 Å². The van der Waals surface area contributed by atoms with Gasteiger partial charge in [-0.1, -0.05) is 37.1 Å². The van der Waals surface area contributed by atoms with Gasteiger partial charge in [-0.2, -0.15) is 0 Å². The number of rotatable bonds is 5. The molecule has 0 saturated heterocycles. The first-order chi connectivity index (χ1) is 8.20. The largest absolute Gasteiger partial charge is 0.389 e. The Kier molecular flexibility index (Phi) is 4.19. The van der Waals surface area contributed by atoms with Crippen LogP contribution in [0, 0.1) is 6.92 Å². The van der Waals surface area contributed by atoms with Crippen LogP contribution in [0.15, 0.2) is 24.3 Å². The smallest absolute Gasteiger partial charge is 0.0771 e. The number of nitrogens with one attached hydrogen (secondary N) is 1. The minimum absolute atomic E-state index is 0.425. The van der Waals surface area contributed by atoms with E-state index in [-0.39, 0.29) is 0 Å². The lowest BCUT2D eigenvalue weighted by Gasteiger charge is -2.22. The highest BCUT2D eigenvalue weighted by atomic mass is 16.3. The predicted octanol–water partition coefficient (Wildman–Crippen LogP) is 2.43. The van der Waals surface area contributed by atoms with E-state index < -0.39 is 5.60 Å². The van der Waals surface area contributed by atoms with Gasteiger partial charge in [0.25, 0.3) is 0 Å². The third-order valence-electron chi connectivity index (χ3n) is 3.82. The third-order valence-corrected chi connectivity index (χ3v) is 3.82. The highest BCUT2D eigenvalue weighted by Gasteiger charge is 2.30. The third kappa shape index (κ3) is 3.55. The summed E-state index contributed by atoms with van der Waals surface area (Å²) in [6.07, 6.45) is 5.32. The van der Waals surface area contributed by atoms with Crippen molar-refractivity contribution in [2.45, 2.75) is 44.6 Å². The summed E-state index contributed by atoms with van der Waals surface area (Å²) in [5.41, 5.74) is 2.33. The predicted molar refractivity (Wildman–Crippen MR) is 71.2 cm³/mol. The maximum Gasteiger partial charge on any atom is 0.0771 e. The van der Waals surface area contributed by atoms with E-state index in [0.717, 1.165) is 32.4 Å². The van der Waals surface area contributed by atoms with Gasteiger partial charge in [-0.25, -0.2) is 0 Å². The molecule has 0 bridgehead atoms. The Hall–Kier alpha value is -0.860. The fourth-order valence-corrected chi connectivity index (χ4v) is 2.64. The molecule has 0 heterocycles. The van der Waals surface area contributed by atoms with Crippen LogP contribution in [0.25, 0.3) is 0 Å². The maximum absolute atomic E-state index is 10.2. The monoisotopic (exact) mass is 233 g/mol. The highest BCUT2D eigenvalue weighted by molar-refractivity contribution is 5.25. The molecule has 0 spiro atoms.